The number of carbonyl (C=O) groups excluding carboxylic acids is 1. The van der Waals surface area contributed by atoms with Gasteiger partial charge in [0.25, 0.3) is 0 Å². The molecular formula is C13H20N2O3. The Kier molecular flexibility index (Phi) is 4.69. The molecule has 0 aliphatic heterocycles. The molecule has 0 saturated carbocycles. The van der Waals surface area contributed by atoms with Crippen LogP contribution in [0.3, 0.4) is 0 Å². The van der Waals surface area contributed by atoms with Crippen molar-refractivity contribution in [2.45, 2.75) is 38.4 Å². The molecule has 0 aromatic heterocycles. The highest BCUT2D eigenvalue weighted by Crippen LogP contribution is 2.28. The van der Waals surface area contributed by atoms with Crippen molar-refractivity contribution in [3.05, 3.63) is 29.3 Å². The largest absolute Gasteiger partial charge is 0.398 e. The van der Waals surface area contributed by atoms with Crippen LogP contribution in [0.15, 0.2) is 18.2 Å². The van der Waals surface area contributed by atoms with Crippen LogP contribution in [0.2, 0.25) is 0 Å². The van der Waals surface area contributed by atoms with Gasteiger partial charge in [-0.15, -0.1) is 0 Å². The second-order valence-electron chi connectivity index (χ2n) is 4.73. The summed E-state index contributed by atoms with van der Waals surface area (Å²) in [5.74, 6) is -0.384. The zero-order valence-electron chi connectivity index (χ0n) is 10.6. The Morgan fingerprint density at radius 2 is 1.94 bits per heavy atom. The van der Waals surface area contributed by atoms with E-state index in [0.717, 1.165) is 5.56 Å². The summed E-state index contributed by atoms with van der Waals surface area (Å²) < 4.78 is 0. The third kappa shape index (κ3) is 3.45. The number of carbonyl (C=O) groups is 1. The number of rotatable bonds is 5. The number of aliphatic hydroxyl groups excluding tert-OH is 2. The fraction of sp³-hybridized carbons (Fsp3) is 0.462. The van der Waals surface area contributed by atoms with Crippen LogP contribution in [-0.4, -0.2) is 22.2 Å². The maximum Gasteiger partial charge on any atom is 0.220 e. The van der Waals surface area contributed by atoms with Crippen LogP contribution in [0.5, 0.6) is 0 Å². The third-order valence-corrected chi connectivity index (χ3v) is 2.87. The van der Waals surface area contributed by atoms with Crippen molar-refractivity contribution in [3.63, 3.8) is 0 Å². The van der Waals surface area contributed by atoms with Gasteiger partial charge in [0.15, 0.2) is 0 Å². The summed E-state index contributed by atoms with van der Waals surface area (Å²) in [6.07, 6.45) is -2.75. The van der Waals surface area contributed by atoms with Gasteiger partial charge in [-0.05, 0) is 17.5 Å². The van der Waals surface area contributed by atoms with Crippen molar-refractivity contribution < 1.29 is 15.0 Å². The van der Waals surface area contributed by atoms with Gasteiger partial charge in [0.1, 0.15) is 6.10 Å². The summed E-state index contributed by atoms with van der Waals surface area (Å²) in [6, 6.07) is 5.30. The first kappa shape index (κ1) is 14.5. The number of anilines is 1. The van der Waals surface area contributed by atoms with E-state index in [1.807, 2.05) is 19.9 Å². The van der Waals surface area contributed by atoms with Crippen LogP contribution < -0.4 is 11.5 Å². The maximum absolute atomic E-state index is 10.7. The van der Waals surface area contributed by atoms with Crippen LogP contribution in [0.25, 0.3) is 0 Å². The van der Waals surface area contributed by atoms with Crippen LogP contribution in [0.4, 0.5) is 5.69 Å². The van der Waals surface area contributed by atoms with Crippen LogP contribution >= 0.6 is 0 Å². The normalized spacial score (nSPS) is 14.5. The van der Waals surface area contributed by atoms with E-state index >= 15 is 0 Å². The number of benzene rings is 1. The van der Waals surface area contributed by atoms with E-state index in [4.69, 9.17) is 11.5 Å². The zero-order valence-corrected chi connectivity index (χ0v) is 10.6. The lowest BCUT2D eigenvalue weighted by Gasteiger charge is -2.20. The van der Waals surface area contributed by atoms with Gasteiger partial charge in [-0.3, -0.25) is 4.79 Å². The molecule has 100 valence electrons. The van der Waals surface area contributed by atoms with E-state index in [1.165, 1.54) is 0 Å². The molecule has 0 radical (unpaired) electrons. The molecule has 1 aromatic rings. The minimum Gasteiger partial charge on any atom is -0.398 e. The summed E-state index contributed by atoms with van der Waals surface area (Å²) in [5, 5.41) is 19.7. The van der Waals surface area contributed by atoms with Crippen molar-refractivity contribution in [2.75, 3.05) is 5.73 Å². The van der Waals surface area contributed by atoms with E-state index in [1.54, 1.807) is 12.1 Å². The number of amides is 1. The summed E-state index contributed by atoms with van der Waals surface area (Å²) in [7, 11) is 0. The van der Waals surface area contributed by atoms with Gasteiger partial charge in [0, 0.05) is 11.3 Å². The molecule has 1 aromatic carbocycles. The molecule has 0 aliphatic rings. The molecule has 6 N–H and O–H groups in total. The molecule has 0 saturated heterocycles. The fourth-order valence-corrected chi connectivity index (χ4v) is 1.73. The number of nitrogens with two attached hydrogens (primary N) is 2. The van der Waals surface area contributed by atoms with Gasteiger partial charge in [-0.25, -0.2) is 0 Å². The van der Waals surface area contributed by atoms with Crippen molar-refractivity contribution >= 4 is 11.6 Å². The highest BCUT2D eigenvalue weighted by atomic mass is 16.3. The molecule has 2 unspecified atom stereocenters. The van der Waals surface area contributed by atoms with Crippen molar-refractivity contribution in [1.29, 1.82) is 0 Å². The predicted molar refractivity (Wildman–Crippen MR) is 69.7 cm³/mol. The number of aliphatic hydroxyl groups is 2. The van der Waals surface area contributed by atoms with Crippen molar-refractivity contribution in [1.82, 2.24) is 0 Å². The minimum atomic E-state index is -1.24. The van der Waals surface area contributed by atoms with Crippen molar-refractivity contribution in [2.24, 2.45) is 5.73 Å². The molecular weight excluding hydrogens is 232 g/mol. The van der Waals surface area contributed by atoms with Gasteiger partial charge in [-0.2, -0.15) is 0 Å². The van der Waals surface area contributed by atoms with E-state index in [9.17, 15) is 15.0 Å². The first-order chi connectivity index (χ1) is 8.32. The summed E-state index contributed by atoms with van der Waals surface area (Å²) in [4.78, 5) is 10.7. The molecule has 0 bridgehead atoms. The Bertz CT molecular complexity index is 432. The summed E-state index contributed by atoms with van der Waals surface area (Å²) in [6.45, 7) is 4.03. The highest BCUT2D eigenvalue weighted by molar-refractivity contribution is 5.74. The lowest BCUT2D eigenvalue weighted by atomic mass is 9.94. The Labute approximate surface area is 106 Å². The first-order valence-electron chi connectivity index (χ1n) is 5.86. The van der Waals surface area contributed by atoms with Crippen LogP contribution in [0, 0.1) is 0 Å². The highest BCUT2D eigenvalue weighted by Gasteiger charge is 2.22. The van der Waals surface area contributed by atoms with E-state index < -0.39 is 18.1 Å². The Hall–Kier alpha value is -1.59. The maximum atomic E-state index is 10.7. The first-order valence-corrected chi connectivity index (χ1v) is 5.86. The molecule has 1 rings (SSSR count). The molecule has 0 aliphatic carbocycles. The molecule has 18 heavy (non-hydrogen) atoms. The lowest BCUT2D eigenvalue weighted by Crippen LogP contribution is -2.26. The van der Waals surface area contributed by atoms with Gasteiger partial charge in [0.2, 0.25) is 5.91 Å². The van der Waals surface area contributed by atoms with E-state index in [-0.39, 0.29) is 12.3 Å². The average molecular weight is 252 g/mol. The van der Waals surface area contributed by atoms with Gasteiger partial charge in [-0.1, -0.05) is 26.0 Å². The summed E-state index contributed by atoms with van der Waals surface area (Å²) in [5.41, 5.74) is 12.6. The quantitative estimate of drug-likeness (QED) is 0.577. The molecule has 5 nitrogen and oxygen atoms in total. The monoisotopic (exact) mass is 252 g/mol. The Morgan fingerprint density at radius 1 is 1.33 bits per heavy atom. The number of primary amides is 1. The second kappa shape index (κ2) is 5.84. The Morgan fingerprint density at radius 3 is 2.44 bits per heavy atom. The summed E-state index contributed by atoms with van der Waals surface area (Å²) >= 11 is 0. The molecule has 0 spiro atoms. The molecule has 1 amide bonds. The smallest absolute Gasteiger partial charge is 0.220 e. The number of hydrogen-bond acceptors (Lipinski definition) is 4. The molecule has 0 heterocycles. The van der Waals surface area contributed by atoms with Crippen LogP contribution in [0.1, 0.15) is 43.4 Å². The van der Waals surface area contributed by atoms with Gasteiger partial charge >= 0.3 is 0 Å². The van der Waals surface area contributed by atoms with E-state index in [0.29, 0.717) is 11.3 Å². The number of nitrogen functional groups attached to an aromatic ring is 1. The molecule has 0 fully saturated rings. The number of hydrogen-bond donors (Lipinski definition) is 4. The second-order valence-corrected chi connectivity index (χ2v) is 4.73. The lowest BCUT2D eigenvalue weighted by molar-refractivity contribution is -0.121. The molecule has 2 atom stereocenters. The molecule has 5 heteroatoms. The van der Waals surface area contributed by atoms with Crippen LogP contribution in [-0.2, 0) is 4.79 Å². The van der Waals surface area contributed by atoms with E-state index in [2.05, 4.69) is 0 Å². The minimum absolute atomic E-state index is 0.282. The predicted octanol–water partition coefficient (Wildman–Crippen LogP) is 0.662. The SMILES string of the molecule is CC(C)c1ccc(N)c(C(O)C(O)CC(N)=O)c1. The standard InChI is InChI=1S/C13H20N2O3/c1-7(2)8-3-4-10(14)9(5-8)13(18)11(16)6-12(15)17/h3-5,7,11,13,16,18H,6,14H2,1-2H3,(H2,15,17). The van der Waals surface area contributed by atoms with Gasteiger partial charge in [0.05, 0.1) is 12.5 Å². The fourth-order valence-electron chi connectivity index (χ4n) is 1.73. The van der Waals surface area contributed by atoms with Gasteiger partial charge < -0.3 is 21.7 Å². The average Bonchev–Trinajstić information content (AvgIpc) is 2.27. The third-order valence-electron chi connectivity index (χ3n) is 2.87. The topological polar surface area (TPSA) is 110 Å². The Balaban J connectivity index is 3.00. The zero-order chi connectivity index (χ0) is 13.9. The van der Waals surface area contributed by atoms with Crippen molar-refractivity contribution in [3.8, 4) is 0 Å².